The van der Waals surface area contributed by atoms with Crippen molar-refractivity contribution >= 4 is 27.6 Å². The molecular weight excluding hydrogens is 437 g/mol. The van der Waals surface area contributed by atoms with Crippen LogP contribution in [0.25, 0.3) is 0 Å². The van der Waals surface area contributed by atoms with Crippen LogP contribution >= 0.6 is 11.6 Å². The topological polar surface area (TPSA) is 82.1 Å². The van der Waals surface area contributed by atoms with Crippen molar-refractivity contribution in [3.8, 4) is 5.75 Å². The Hall–Kier alpha value is -2.20. The van der Waals surface area contributed by atoms with E-state index in [-0.39, 0.29) is 35.5 Å². The average Bonchev–Trinajstić information content (AvgIpc) is 3.27. The number of rotatable bonds is 5. The highest BCUT2D eigenvalue weighted by molar-refractivity contribution is 7.89. The fourth-order valence-electron chi connectivity index (χ4n) is 3.48. The SMILES string of the molecule is O=C(OCc1cc(F)cc2c1OCOC2)c1cc(S(=O)(=O)N2CCCC2)ccc1Cl. The van der Waals surface area contributed by atoms with Crippen molar-refractivity contribution in [2.45, 2.75) is 31.0 Å². The molecule has 0 unspecified atom stereocenters. The minimum absolute atomic E-state index is 0.0157. The van der Waals surface area contributed by atoms with Crippen molar-refractivity contribution in [2.75, 3.05) is 19.9 Å². The smallest absolute Gasteiger partial charge is 0.340 e. The number of fused-ring (bicyclic) bond motifs is 1. The Morgan fingerprint density at radius 1 is 1.20 bits per heavy atom. The molecule has 0 N–H and O–H groups in total. The van der Waals surface area contributed by atoms with E-state index in [9.17, 15) is 17.6 Å². The Kier molecular flexibility index (Phi) is 5.97. The summed E-state index contributed by atoms with van der Waals surface area (Å²) < 4.78 is 56.6. The second-order valence-corrected chi connectivity index (χ2v) is 9.34. The van der Waals surface area contributed by atoms with E-state index in [1.807, 2.05) is 0 Å². The number of halogens is 2. The molecule has 0 bridgehead atoms. The molecule has 2 heterocycles. The van der Waals surface area contributed by atoms with Gasteiger partial charge in [0.05, 0.1) is 22.1 Å². The predicted octanol–water partition coefficient (Wildman–Crippen LogP) is 3.49. The van der Waals surface area contributed by atoms with Gasteiger partial charge in [0, 0.05) is 24.2 Å². The van der Waals surface area contributed by atoms with Crippen LogP contribution in [-0.4, -0.2) is 38.6 Å². The van der Waals surface area contributed by atoms with Crippen LogP contribution in [-0.2, 0) is 32.7 Å². The molecule has 1 fully saturated rings. The Balaban J connectivity index is 1.55. The molecule has 4 rings (SSSR count). The van der Waals surface area contributed by atoms with Crippen molar-refractivity contribution in [1.82, 2.24) is 4.31 Å². The lowest BCUT2D eigenvalue weighted by atomic mass is 10.1. The van der Waals surface area contributed by atoms with Gasteiger partial charge in [0.1, 0.15) is 18.2 Å². The van der Waals surface area contributed by atoms with Gasteiger partial charge in [-0.2, -0.15) is 4.31 Å². The van der Waals surface area contributed by atoms with E-state index < -0.39 is 21.8 Å². The highest BCUT2D eigenvalue weighted by Crippen LogP contribution is 2.31. The zero-order valence-electron chi connectivity index (χ0n) is 15.9. The maximum absolute atomic E-state index is 13.9. The summed E-state index contributed by atoms with van der Waals surface area (Å²) in [6, 6.07) is 6.44. The molecule has 10 heteroatoms. The lowest BCUT2D eigenvalue weighted by Gasteiger charge is -2.21. The maximum Gasteiger partial charge on any atom is 0.340 e. The van der Waals surface area contributed by atoms with E-state index >= 15 is 0 Å². The summed E-state index contributed by atoms with van der Waals surface area (Å²) in [5.41, 5.74) is 0.786. The molecule has 2 aromatic carbocycles. The van der Waals surface area contributed by atoms with Gasteiger partial charge in [0.15, 0.2) is 6.79 Å². The van der Waals surface area contributed by atoms with Gasteiger partial charge in [-0.25, -0.2) is 17.6 Å². The number of carbonyl (C=O) groups excluding carboxylic acids is 1. The first-order valence-electron chi connectivity index (χ1n) is 9.35. The summed E-state index contributed by atoms with van der Waals surface area (Å²) in [4.78, 5) is 12.6. The van der Waals surface area contributed by atoms with E-state index in [1.54, 1.807) is 0 Å². The molecule has 0 saturated carbocycles. The van der Waals surface area contributed by atoms with Gasteiger partial charge in [-0.3, -0.25) is 0 Å². The number of ether oxygens (including phenoxy) is 3. The second-order valence-electron chi connectivity index (χ2n) is 6.99. The molecule has 0 aliphatic carbocycles. The number of nitrogens with zero attached hydrogens (tertiary/aromatic N) is 1. The third-order valence-corrected chi connectivity index (χ3v) is 7.20. The summed E-state index contributed by atoms with van der Waals surface area (Å²) in [5.74, 6) is -0.916. The van der Waals surface area contributed by atoms with Gasteiger partial charge in [-0.05, 0) is 43.2 Å². The van der Waals surface area contributed by atoms with E-state index in [0.29, 0.717) is 30.0 Å². The molecule has 2 aliphatic rings. The zero-order chi connectivity index (χ0) is 21.3. The molecule has 2 aromatic rings. The first kappa shape index (κ1) is 21.0. The molecule has 0 amide bonds. The van der Waals surface area contributed by atoms with E-state index in [1.165, 1.54) is 34.6 Å². The van der Waals surface area contributed by atoms with Crippen LogP contribution in [0.2, 0.25) is 5.02 Å². The lowest BCUT2D eigenvalue weighted by Crippen LogP contribution is -2.28. The minimum atomic E-state index is -3.71. The first-order chi connectivity index (χ1) is 14.4. The van der Waals surface area contributed by atoms with Crippen molar-refractivity contribution in [3.05, 3.63) is 57.9 Å². The molecule has 0 radical (unpaired) electrons. The summed E-state index contributed by atoms with van der Waals surface area (Å²) in [6.45, 7) is 0.828. The molecule has 2 aliphatic heterocycles. The molecule has 0 spiro atoms. The Bertz CT molecular complexity index is 1080. The number of carbonyl (C=O) groups is 1. The Morgan fingerprint density at radius 3 is 2.73 bits per heavy atom. The summed E-state index contributed by atoms with van der Waals surface area (Å²) in [6.07, 6.45) is 1.60. The van der Waals surface area contributed by atoms with Gasteiger partial charge in [-0.1, -0.05) is 11.6 Å². The number of sulfonamides is 1. The van der Waals surface area contributed by atoms with Crippen LogP contribution in [0.3, 0.4) is 0 Å². The van der Waals surface area contributed by atoms with Crippen molar-refractivity contribution in [2.24, 2.45) is 0 Å². The molecule has 0 atom stereocenters. The molecule has 160 valence electrons. The number of hydrogen-bond acceptors (Lipinski definition) is 6. The Labute approximate surface area is 178 Å². The van der Waals surface area contributed by atoms with Crippen molar-refractivity contribution < 1.29 is 31.8 Å². The summed E-state index contributed by atoms with van der Waals surface area (Å²) in [5, 5.41) is 0.0614. The largest absolute Gasteiger partial charge is 0.467 e. The Morgan fingerprint density at radius 2 is 1.97 bits per heavy atom. The standard InChI is InChI=1S/C20H19ClFNO6S/c21-18-4-3-16(30(25,26)23-5-1-2-6-23)9-17(18)20(24)28-11-14-8-15(22)7-13-10-27-12-29-19(13)14/h3-4,7-9H,1-2,5-6,10-12H2. The quantitative estimate of drug-likeness (QED) is 0.642. The van der Waals surface area contributed by atoms with Crippen LogP contribution in [0.15, 0.2) is 35.2 Å². The van der Waals surface area contributed by atoms with E-state index in [4.69, 9.17) is 25.8 Å². The summed E-state index contributed by atoms with van der Waals surface area (Å²) >= 11 is 6.11. The highest BCUT2D eigenvalue weighted by Gasteiger charge is 2.28. The minimum Gasteiger partial charge on any atom is -0.467 e. The molecule has 7 nitrogen and oxygen atoms in total. The van der Waals surface area contributed by atoms with Crippen molar-refractivity contribution in [3.63, 3.8) is 0 Å². The van der Waals surface area contributed by atoms with Gasteiger partial charge >= 0.3 is 5.97 Å². The number of benzene rings is 2. The monoisotopic (exact) mass is 455 g/mol. The van der Waals surface area contributed by atoms with Crippen LogP contribution in [0.4, 0.5) is 4.39 Å². The molecule has 0 aromatic heterocycles. The lowest BCUT2D eigenvalue weighted by molar-refractivity contribution is -0.0182. The molecule has 1 saturated heterocycles. The van der Waals surface area contributed by atoms with Gasteiger partial charge in [0.25, 0.3) is 0 Å². The van der Waals surface area contributed by atoms with Crippen LogP contribution in [0.1, 0.15) is 34.3 Å². The third kappa shape index (κ3) is 4.15. The van der Waals surface area contributed by atoms with Crippen molar-refractivity contribution in [1.29, 1.82) is 0 Å². The van der Waals surface area contributed by atoms with Crippen LogP contribution < -0.4 is 4.74 Å². The zero-order valence-corrected chi connectivity index (χ0v) is 17.5. The molecular formula is C20H19ClFNO6S. The van der Waals surface area contributed by atoms with Crippen LogP contribution in [0, 0.1) is 5.82 Å². The van der Waals surface area contributed by atoms with E-state index in [2.05, 4.69) is 0 Å². The third-order valence-electron chi connectivity index (χ3n) is 4.97. The predicted molar refractivity (Wildman–Crippen MR) is 105 cm³/mol. The highest BCUT2D eigenvalue weighted by atomic mass is 35.5. The van der Waals surface area contributed by atoms with Gasteiger partial charge < -0.3 is 14.2 Å². The maximum atomic E-state index is 13.9. The number of hydrogen-bond donors (Lipinski definition) is 0. The average molecular weight is 456 g/mol. The van der Waals surface area contributed by atoms with Crippen LogP contribution in [0.5, 0.6) is 5.75 Å². The fourth-order valence-corrected chi connectivity index (χ4v) is 5.22. The normalized spacial score (nSPS) is 16.7. The number of esters is 1. The fraction of sp³-hybridized carbons (Fsp3) is 0.350. The van der Waals surface area contributed by atoms with Gasteiger partial charge in [0.2, 0.25) is 10.0 Å². The van der Waals surface area contributed by atoms with E-state index in [0.717, 1.165) is 12.8 Å². The summed E-state index contributed by atoms with van der Waals surface area (Å²) in [7, 11) is -3.71. The molecule has 30 heavy (non-hydrogen) atoms. The second kappa shape index (κ2) is 8.50. The van der Waals surface area contributed by atoms with Gasteiger partial charge in [-0.15, -0.1) is 0 Å². The first-order valence-corrected chi connectivity index (χ1v) is 11.2.